The number of aromatic nitrogens is 3. The van der Waals surface area contributed by atoms with E-state index < -0.39 is 4.92 Å². The van der Waals surface area contributed by atoms with Crippen LogP contribution in [0.15, 0.2) is 78.0 Å². The summed E-state index contributed by atoms with van der Waals surface area (Å²) in [5.74, 6) is 1.19. The van der Waals surface area contributed by atoms with E-state index in [1.54, 1.807) is 12.1 Å². The molecule has 0 fully saturated rings. The minimum atomic E-state index is -0.441. The maximum absolute atomic E-state index is 12.5. The second-order valence-corrected chi connectivity index (χ2v) is 9.02. The summed E-state index contributed by atoms with van der Waals surface area (Å²) in [6.07, 6.45) is 0.926. The Labute approximate surface area is 213 Å². The number of non-ortho nitro benzene ring substituents is 1. The van der Waals surface area contributed by atoms with Crippen LogP contribution in [0, 0.1) is 17.0 Å². The predicted molar refractivity (Wildman–Crippen MR) is 140 cm³/mol. The minimum Gasteiger partial charge on any atom is -0.331 e. The van der Waals surface area contributed by atoms with Gasteiger partial charge in [-0.2, -0.15) is 0 Å². The Bertz CT molecular complexity index is 1350. The summed E-state index contributed by atoms with van der Waals surface area (Å²) in [4.78, 5) is 23.2. The molecule has 10 heteroatoms. The molecule has 2 N–H and O–H groups in total. The number of aryl methyl sites for hydroxylation is 2. The van der Waals surface area contributed by atoms with Crippen LogP contribution in [-0.2, 0) is 18.7 Å². The Morgan fingerprint density at radius 2 is 1.75 bits per heavy atom. The lowest BCUT2D eigenvalue weighted by atomic mass is 10.1. The maximum atomic E-state index is 12.5. The average Bonchev–Trinajstić information content (AvgIpc) is 3.30. The number of anilines is 1. The summed E-state index contributed by atoms with van der Waals surface area (Å²) in [7, 11) is 0. The molecule has 4 rings (SSSR count). The number of hydrogen-bond donors (Lipinski definition) is 2. The van der Waals surface area contributed by atoms with Gasteiger partial charge in [-0.1, -0.05) is 55.1 Å². The summed E-state index contributed by atoms with van der Waals surface area (Å²) >= 11 is 1.51. The smallest absolute Gasteiger partial charge is 0.319 e. The number of nitro groups is 1. The van der Waals surface area contributed by atoms with Crippen molar-refractivity contribution in [3.8, 4) is 5.69 Å². The third-order valence-corrected chi connectivity index (χ3v) is 6.64. The molecule has 184 valence electrons. The van der Waals surface area contributed by atoms with Crippen LogP contribution in [-0.4, -0.2) is 25.7 Å². The molecule has 36 heavy (non-hydrogen) atoms. The fourth-order valence-corrected chi connectivity index (χ4v) is 4.61. The third kappa shape index (κ3) is 6.08. The van der Waals surface area contributed by atoms with Gasteiger partial charge in [-0.25, -0.2) is 4.79 Å². The molecule has 0 atom stereocenters. The first-order valence-electron chi connectivity index (χ1n) is 11.4. The van der Waals surface area contributed by atoms with Crippen LogP contribution in [0.5, 0.6) is 0 Å². The first-order valence-corrected chi connectivity index (χ1v) is 12.4. The molecule has 0 saturated heterocycles. The van der Waals surface area contributed by atoms with Crippen molar-refractivity contribution in [3.63, 3.8) is 0 Å². The first-order chi connectivity index (χ1) is 17.4. The summed E-state index contributed by atoms with van der Waals surface area (Å²) < 4.78 is 1.81. The van der Waals surface area contributed by atoms with Crippen LogP contribution >= 0.6 is 11.8 Å². The molecule has 0 aliphatic carbocycles. The molecule has 0 aliphatic heterocycles. The lowest BCUT2D eigenvalue weighted by molar-refractivity contribution is -0.384. The molecule has 0 saturated carbocycles. The van der Waals surface area contributed by atoms with Crippen LogP contribution in [0.3, 0.4) is 0 Å². The number of thioether (sulfide) groups is 1. The molecule has 2 amide bonds. The van der Waals surface area contributed by atoms with Gasteiger partial charge in [0.15, 0.2) is 11.0 Å². The van der Waals surface area contributed by atoms with E-state index in [-0.39, 0.29) is 18.3 Å². The van der Waals surface area contributed by atoms with Gasteiger partial charge in [-0.05, 0) is 54.3 Å². The number of nitrogens with zero attached hydrogens (tertiary/aromatic N) is 4. The van der Waals surface area contributed by atoms with Gasteiger partial charge in [0.05, 0.1) is 11.5 Å². The Balaban J connectivity index is 1.53. The van der Waals surface area contributed by atoms with Crippen molar-refractivity contribution in [1.29, 1.82) is 0 Å². The molecule has 0 bridgehead atoms. The van der Waals surface area contributed by atoms with E-state index in [2.05, 4.69) is 46.8 Å². The number of amides is 2. The standard InChI is InChI=1S/C26H26N6O3S/c1-3-19-8-10-21(11-9-19)28-25(33)27-16-24-29-30-26(36-17-20-7-5-4-6-18(20)2)31(24)22-12-14-23(15-13-22)32(34)35/h4-15H,3,16-17H2,1-2H3,(H2,27,28,33). The van der Waals surface area contributed by atoms with Crippen LogP contribution in [0.25, 0.3) is 5.69 Å². The normalized spacial score (nSPS) is 10.7. The summed E-state index contributed by atoms with van der Waals surface area (Å²) in [6, 6.07) is 21.6. The molecule has 1 aromatic heterocycles. The molecule has 1 heterocycles. The van der Waals surface area contributed by atoms with Gasteiger partial charge >= 0.3 is 6.03 Å². The number of rotatable bonds is 9. The molecule has 0 spiro atoms. The lowest BCUT2D eigenvalue weighted by Crippen LogP contribution is -2.29. The maximum Gasteiger partial charge on any atom is 0.319 e. The molecule has 3 aromatic carbocycles. The quantitative estimate of drug-likeness (QED) is 0.173. The molecule has 9 nitrogen and oxygen atoms in total. The van der Waals surface area contributed by atoms with Gasteiger partial charge in [0.1, 0.15) is 0 Å². The Morgan fingerprint density at radius 3 is 2.42 bits per heavy atom. The Morgan fingerprint density at radius 1 is 1.03 bits per heavy atom. The highest BCUT2D eigenvalue weighted by Gasteiger charge is 2.17. The van der Waals surface area contributed by atoms with Crippen LogP contribution < -0.4 is 10.6 Å². The topological polar surface area (TPSA) is 115 Å². The molecule has 0 unspecified atom stereocenters. The third-order valence-electron chi connectivity index (χ3n) is 5.66. The van der Waals surface area contributed by atoms with Crippen molar-refractivity contribution in [3.05, 3.63) is 105 Å². The van der Waals surface area contributed by atoms with E-state index in [9.17, 15) is 14.9 Å². The van der Waals surface area contributed by atoms with Gasteiger partial charge in [-0.3, -0.25) is 14.7 Å². The highest BCUT2D eigenvalue weighted by Crippen LogP contribution is 2.27. The monoisotopic (exact) mass is 502 g/mol. The second-order valence-electron chi connectivity index (χ2n) is 8.08. The van der Waals surface area contributed by atoms with Crippen molar-refractivity contribution < 1.29 is 9.72 Å². The molecule has 0 aliphatic rings. The van der Waals surface area contributed by atoms with Crippen molar-refractivity contribution >= 4 is 29.2 Å². The lowest BCUT2D eigenvalue weighted by Gasteiger charge is -2.12. The van der Waals surface area contributed by atoms with E-state index in [0.717, 1.165) is 6.42 Å². The number of hydrogen-bond acceptors (Lipinski definition) is 6. The van der Waals surface area contributed by atoms with Gasteiger partial charge in [0.2, 0.25) is 0 Å². The Hall–Kier alpha value is -4.18. The van der Waals surface area contributed by atoms with Gasteiger partial charge in [-0.15, -0.1) is 10.2 Å². The van der Waals surface area contributed by atoms with Crippen molar-refractivity contribution in [2.75, 3.05) is 5.32 Å². The summed E-state index contributed by atoms with van der Waals surface area (Å²) in [5, 5.41) is 26.0. The highest BCUT2D eigenvalue weighted by atomic mass is 32.2. The highest BCUT2D eigenvalue weighted by molar-refractivity contribution is 7.98. The number of urea groups is 1. The average molecular weight is 503 g/mol. The van der Waals surface area contributed by atoms with Crippen LogP contribution in [0.4, 0.5) is 16.2 Å². The molecular formula is C26H26N6O3S. The van der Waals surface area contributed by atoms with Crippen LogP contribution in [0.1, 0.15) is 29.4 Å². The Kier molecular flexibility index (Phi) is 7.96. The minimum absolute atomic E-state index is 0.00548. The zero-order chi connectivity index (χ0) is 25.5. The SMILES string of the molecule is CCc1ccc(NC(=O)NCc2nnc(SCc3ccccc3C)n2-c2ccc([N+](=O)[O-])cc2)cc1. The fourth-order valence-electron chi connectivity index (χ4n) is 3.56. The molecule has 4 aromatic rings. The fraction of sp³-hybridized carbons (Fsp3) is 0.192. The number of nitrogens with one attached hydrogen (secondary N) is 2. The molecular weight excluding hydrogens is 476 g/mol. The molecule has 0 radical (unpaired) electrons. The van der Waals surface area contributed by atoms with Crippen molar-refractivity contribution in [2.45, 2.75) is 37.7 Å². The van der Waals surface area contributed by atoms with E-state index in [1.165, 1.54) is 40.6 Å². The predicted octanol–water partition coefficient (Wildman–Crippen LogP) is 5.66. The van der Waals surface area contributed by atoms with Crippen molar-refractivity contribution in [1.82, 2.24) is 20.1 Å². The summed E-state index contributed by atoms with van der Waals surface area (Å²) in [6.45, 7) is 4.25. The van der Waals surface area contributed by atoms with Crippen LogP contribution in [0.2, 0.25) is 0 Å². The zero-order valence-corrected chi connectivity index (χ0v) is 20.8. The number of benzene rings is 3. The summed E-state index contributed by atoms with van der Waals surface area (Å²) in [5.41, 5.74) is 4.90. The largest absolute Gasteiger partial charge is 0.331 e. The van der Waals surface area contributed by atoms with E-state index in [1.807, 2.05) is 41.0 Å². The number of carbonyl (C=O) groups excluding carboxylic acids is 1. The van der Waals surface area contributed by atoms with E-state index in [4.69, 9.17) is 0 Å². The number of carbonyl (C=O) groups is 1. The van der Waals surface area contributed by atoms with E-state index >= 15 is 0 Å². The zero-order valence-electron chi connectivity index (χ0n) is 20.0. The van der Waals surface area contributed by atoms with Gasteiger partial charge in [0.25, 0.3) is 5.69 Å². The second kappa shape index (κ2) is 11.5. The first kappa shape index (κ1) is 24.9. The van der Waals surface area contributed by atoms with Gasteiger partial charge < -0.3 is 10.6 Å². The number of nitro benzene ring substituents is 1. The van der Waals surface area contributed by atoms with Crippen molar-refractivity contribution in [2.24, 2.45) is 0 Å². The van der Waals surface area contributed by atoms with E-state index in [0.29, 0.717) is 28.1 Å². The van der Waals surface area contributed by atoms with Gasteiger partial charge in [0, 0.05) is 29.3 Å².